The first kappa shape index (κ1) is 21.5. The van der Waals surface area contributed by atoms with Crippen LogP contribution >= 0.6 is 23.2 Å². The minimum absolute atomic E-state index is 0.0487. The summed E-state index contributed by atoms with van der Waals surface area (Å²) < 4.78 is 5.85. The Bertz CT molecular complexity index is 1140. The molecule has 3 aromatic rings. The van der Waals surface area contributed by atoms with Crippen molar-refractivity contribution in [3.63, 3.8) is 0 Å². The molecule has 1 aliphatic heterocycles. The van der Waals surface area contributed by atoms with Crippen molar-refractivity contribution in [3.05, 3.63) is 93.5 Å². The van der Waals surface area contributed by atoms with Gasteiger partial charge >= 0.3 is 0 Å². The summed E-state index contributed by atoms with van der Waals surface area (Å²) in [4.78, 5) is 15.0. The monoisotopic (exact) mass is 451 g/mol. The summed E-state index contributed by atoms with van der Waals surface area (Å²) in [5, 5.41) is 1.18. The van der Waals surface area contributed by atoms with E-state index in [0.29, 0.717) is 29.1 Å². The highest BCUT2D eigenvalue weighted by Gasteiger charge is 2.32. The van der Waals surface area contributed by atoms with E-state index in [1.807, 2.05) is 65.6 Å². The van der Waals surface area contributed by atoms with E-state index in [1.54, 1.807) is 12.1 Å². The molecule has 0 spiro atoms. The third-order valence-corrected chi connectivity index (χ3v) is 5.70. The van der Waals surface area contributed by atoms with E-state index in [2.05, 4.69) is 13.8 Å². The Morgan fingerprint density at radius 1 is 1.00 bits per heavy atom. The maximum atomic E-state index is 13.1. The van der Waals surface area contributed by atoms with Gasteiger partial charge in [0.15, 0.2) is 0 Å². The Labute approximate surface area is 192 Å². The van der Waals surface area contributed by atoms with E-state index >= 15 is 0 Å². The quantitative estimate of drug-likeness (QED) is 0.373. The molecule has 0 aliphatic carbocycles. The van der Waals surface area contributed by atoms with Gasteiger partial charge in [0.1, 0.15) is 12.4 Å². The van der Waals surface area contributed by atoms with Gasteiger partial charge in [0.2, 0.25) is 0 Å². The number of amides is 1. The second kappa shape index (κ2) is 9.17. The Hall–Kier alpha value is -2.75. The third kappa shape index (κ3) is 4.79. The summed E-state index contributed by atoms with van der Waals surface area (Å²) in [6.45, 7) is 5.29. The maximum absolute atomic E-state index is 13.1. The van der Waals surface area contributed by atoms with Crippen LogP contribution in [0.1, 0.15) is 30.5 Å². The van der Waals surface area contributed by atoms with E-state index in [9.17, 15) is 4.79 Å². The summed E-state index contributed by atoms with van der Waals surface area (Å²) in [6.07, 6.45) is 1.95. The number of benzene rings is 3. The number of halogens is 2. The molecule has 0 bridgehead atoms. The molecule has 0 fully saturated rings. The molecule has 0 saturated heterocycles. The standard InChI is InChI=1S/C26H23Cl2NO2/c1-17(2)15-29-25-6-4-3-5-22(25)23(26(29)30)13-18-7-11-21(12-8-18)31-16-19-9-10-20(27)14-24(19)28/h3-14,17H,15-16H2,1-2H3/b23-13-. The van der Waals surface area contributed by atoms with Gasteiger partial charge in [-0.05, 0) is 47.9 Å². The number of ether oxygens (including phenoxy) is 1. The van der Waals surface area contributed by atoms with Crippen molar-refractivity contribution in [1.82, 2.24) is 0 Å². The molecular weight excluding hydrogens is 429 g/mol. The molecule has 0 unspecified atom stereocenters. The molecule has 1 amide bonds. The molecule has 5 heteroatoms. The van der Waals surface area contributed by atoms with Gasteiger partial charge in [-0.1, -0.05) is 73.4 Å². The van der Waals surface area contributed by atoms with E-state index in [4.69, 9.17) is 27.9 Å². The molecule has 3 aromatic carbocycles. The molecular formula is C26H23Cl2NO2. The molecule has 1 heterocycles. The Morgan fingerprint density at radius 3 is 2.45 bits per heavy atom. The molecule has 158 valence electrons. The maximum Gasteiger partial charge on any atom is 0.259 e. The first-order valence-corrected chi connectivity index (χ1v) is 11.0. The molecule has 0 N–H and O–H groups in total. The number of para-hydroxylation sites is 1. The van der Waals surface area contributed by atoms with Gasteiger partial charge in [0, 0.05) is 33.3 Å². The summed E-state index contributed by atoms with van der Waals surface area (Å²) in [7, 11) is 0. The van der Waals surface area contributed by atoms with E-state index < -0.39 is 0 Å². The van der Waals surface area contributed by atoms with Crippen molar-refractivity contribution >= 4 is 46.4 Å². The van der Waals surface area contributed by atoms with E-state index in [-0.39, 0.29) is 5.91 Å². The molecule has 0 radical (unpaired) electrons. The highest BCUT2D eigenvalue weighted by Crippen LogP contribution is 2.38. The second-order valence-electron chi connectivity index (χ2n) is 7.98. The zero-order chi connectivity index (χ0) is 22.0. The highest BCUT2D eigenvalue weighted by molar-refractivity contribution is 6.36. The van der Waals surface area contributed by atoms with E-state index in [0.717, 1.165) is 33.7 Å². The van der Waals surface area contributed by atoms with Gasteiger partial charge in [0.25, 0.3) is 5.91 Å². The zero-order valence-electron chi connectivity index (χ0n) is 17.4. The van der Waals surface area contributed by atoms with Crippen LogP contribution in [0.5, 0.6) is 5.75 Å². The lowest BCUT2D eigenvalue weighted by Gasteiger charge is -2.19. The van der Waals surface area contributed by atoms with Gasteiger partial charge in [-0.2, -0.15) is 0 Å². The average Bonchev–Trinajstić information content (AvgIpc) is 3.00. The minimum atomic E-state index is 0.0487. The second-order valence-corrected chi connectivity index (χ2v) is 8.82. The Morgan fingerprint density at radius 2 is 1.74 bits per heavy atom. The molecule has 0 aromatic heterocycles. The molecule has 3 nitrogen and oxygen atoms in total. The Balaban J connectivity index is 1.52. The van der Waals surface area contributed by atoms with Gasteiger partial charge < -0.3 is 9.64 Å². The lowest BCUT2D eigenvalue weighted by Crippen LogP contribution is -2.30. The lowest BCUT2D eigenvalue weighted by molar-refractivity contribution is -0.113. The van der Waals surface area contributed by atoms with Crippen molar-refractivity contribution in [1.29, 1.82) is 0 Å². The molecule has 4 rings (SSSR count). The van der Waals surface area contributed by atoms with E-state index in [1.165, 1.54) is 0 Å². The molecule has 1 aliphatic rings. The lowest BCUT2D eigenvalue weighted by atomic mass is 10.0. The summed E-state index contributed by atoms with van der Waals surface area (Å²) >= 11 is 12.1. The fraction of sp³-hybridized carbons (Fsp3) is 0.192. The first-order chi connectivity index (χ1) is 14.9. The van der Waals surface area contributed by atoms with Crippen molar-refractivity contribution in [2.75, 3.05) is 11.4 Å². The van der Waals surface area contributed by atoms with Crippen LogP contribution in [0.15, 0.2) is 66.7 Å². The van der Waals surface area contributed by atoms with Crippen molar-refractivity contribution < 1.29 is 9.53 Å². The van der Waals surface area contributed by atoms with Crippen LogP contribution in [0.2, 0.25) is 10.0 Å². The number of fused-ring (bicyclic) bond motifs is 1. The third-order valence-electron chi connectivity index (χ3n) is 5.11. The van der Waals surface area contributed by atoms with Crippen LogP contribution < -0.4 is 9.64 Å². The van der Waals surface area contributed by atoms with Crippen molar-refractivity contribution in [3.8, 4) is 5.75 Å². The smallest absolute Gasteiger partial charge is 0.259 e. The van der Waals surface area contributed by atoms with Crippen LogP contribution in [0.25, 0.3) is 11.6 Å². The molecule has 0 saturated carbocycles. The fourth-order valence-electron chi connectivity index (χ4n) is 3.62. The SMILES string of the molecule is CC(C)CN1C(=O)/C(=C\c2ccc(OCc3ccc(Cl)cc3Cl)cc2)c2ccccc21. The predicted octanol–water partition coefficient (Wildman–Crippen LogP) is 7.12. The summed E-state index contributed by atoms with van der Waals surface area (Å²) in [6, 6.07) is 21.0. The number of anilines is 1. The number of rotatable bonds is 6. The van der Waals surface area contributed by atoms with Gasteiger partial charge in [-0.3, -0.25) is 4.79 Å². The normalized spacial score (nSPS) is 14.4. The average molecular weight is 452 g/mol. The highest BCUT2D eigenvalue weighted by atomic mass is 35.5. The first-order valence-electron chi connectivity index (χ1n) is 10.2. The summed E-state index contributed by atoms with van der Waals surface area (Å²) in [5.74, 6) is 1.17. The Kier molecular flexibility index (Phi) is 6.35. The number of hydrogen-bond donors (Lipinski definition) is 0. The number of hydrogen-bond acceptors (Lipinski definition) is 2. The van der Waals surface area contributed by atoms with Crippen LogP contribution in [0, 0.1) is 5.92 Å². The topological polar surface area (TPSA) is 29.5 Å². The fourth-order valence-corrected chi connectivity index (χ4v) is 4.08. The van der Waals surface area contributed by atoms with Crippen LogP contribution in [-0.4, -0.2) is 12.5 Å². The predicted molar refractivity (Wildman–Crippen MR) is 129 cm³/mol. The number of carbonyl (C=O) groups excluding carboxylic acids is 1. The van der Waals surface area contributed by atoms with Crippen LogP contribution in [-0.2, 0) is 11.4 Å². The largest absolute Gasteiger partial charge is 0.489 e. The minimum Gasteiger partial charge on any atom is -0.489 e. The van der Waals surface area contributed by atoms with Gasteiger partial charge in [-0.25, -0.2) is 0 Å². The number of nitrogens with zero attached hydrogens (tertiary/aromatic N) is 1. The van der Waals surface area contributed by atoms with Crippen LogP contribution in [0.4, 0.5) is 5.69 Å². The van der Waals surface area contributed by atoms with Crippen LogP contribution in [0.3, 0.4) is 0 Å². The molecule has 0 atom stereocenters. The summed E-state index contributed by atoms with van der Waals surface area (Å²) in [5.41, 5.74) is 4.49. The zero-order valence-corrected chi connectivity index (χ0v) is 19.0. The van der Waals surface area contributed by atoms with Gasteiger partial charge in [0.05, 0.1) is 5.69 Å². The number of carbonyl (C=O) groups is 1. The van der Waals surface area contributed by atoms with Crippen molar-refractivity contribution in [2.45, 2.75) is 20.5 Å². The molecule has 31 heavy (non-hydrogen) atoms. The van der Waals surface area contributed by atoms with Crippen molar-refractivity contribution in [2.24, 2.45) is 5.92 Å². The van der Waals surface area contributed by atoms with Gasteiger partial charge in [-0.15, -0.1) is 0 Å².